The molecule has 0 aliphatic carbocycles. The Kier molecular flexibility index (Phi) is 5.81. The van der Waals surface area contributed by atoms with E-state index in [-0.39, 0.29) is 11.9 Å². The highest BCUT2D eigenvalue weighted by Crippen LogP contribution is 2.39. The van der Waals surface area contributed by atoms with Gasteiger partial charge in [-0.1, -0.05) is 45.8 Å². The highest BCUT2D eigenvalue weighted by molar-refractivity contribution is 9.09. The van der Waals surface area contributed by atoms with Gasteiger partial charge < -0.3 is 19.7 Å². The van der Waals surface area contributed by atoms with E-state index in [0.29, 0.717) is 30.2 Å². The third-order valence-electron chi connectivity index (χ3n) is 5.40. The molecule has 152 valence electrons. The zero-order chi connectivity index (χ0) is 20.4. The van der Waals surface area contributed by atoms with E-state index in [1.165, 1.54) is 16.7 Å². The number of carbonyl (C=O) groups excluding carboxylic acids is 1. The van der Waals surface area contributed by atoms with Crippen molar-refractivity contribution in [3.05, 3.63) is 59.3 Å². The fourth-order valence-corrected chi connectivity index (χ4v) is 4.02. The van der Waals surface area contributed by atoms with E-state index in [0.717, 1.165) is 23.9 Å². The number of halogens is 1. The molecule has 2 aromatic rings. The minimum Gasteiger partial charge on any atom is -0.493 e. The number of hydrogen-bond donors (Lipinski definition) is 1. The quantitative estimate of drug-likeness (QED) is 0.498. The van der Waals surface area contributed by atoms with Gasteiger partial charge in [0.1, 0.15) is 0 Å². The van der Waals surface area contributed by atoms with E-state index in [4.69, 9.17) is 9.47 Å². The van der Waals surface area contributed by atoms with Gasteiger partial charge in [-0.25, -0.2) is 0 Å². The van der Waals surface area contributed by atoms with Crippen LogP contribution in [0.25, 0.3) is 5.57 Å². The van der Waals surface area contributed by atoms with Crippen LogP contribution in [-0.2, 0) is 0 Å². The van der Waals surface area contributed by atoms with Crippen LogP contribution in [0.4, 0.5) is 5.69 Å². The van der Waals surface area contributed by atoms with Crippen LogP contribution in [0.15, 0.2) is 42.6 Å². The zero-order valence-corrected chi connectivity index (χ0v) is 18.3. The number of hydrogen-bond acceptors (Lipinski definition) is 4. The average molecular weight is 457 g/mol. The van der Waals surface area contributed by atoms with Crippen LogP contribution >= 0.6 is 15.9 Å². The number of alkyl halides is 1. The van der Waals surface area contributed by atoms with E-state index in [9.17, 15) is 4.79 Å². The number of amides is 1. The minimum atomic E-state index is -0.0116. The first-order valence-corrected chi connectivity index (χ1v) is 11.0. The minimum absolute atomic E-state index is 0.0116. The van der Waals surface area contributed by atoms with Crippen molar-refractivity contribution in [3.63, 3.8) is 0 Å². The molecule has 0 radical (unpaired) electrons. The smallest absolute Gasteiger partial charge is 0.260 e. The molecular weight excluding hydrogens is 432 g/mol. The highest BCUT2D eigenvalue weighted by Gasteiger charge is 2.34. The van der Waals surface area contributed by atoms with Crippen LogP contribution in [0, 0.1) is 6.92 Å². The van der Waals surface area contributed by atoms with Crippen molar-refractivity contribution in [2.45, 2.75) is 25.8 Å². The van der Waals surface area contributed by atoms with Gasteiger partial charge in [-0.2, -0.15) is 0 Å². The predicted molar refractivity (Wildman–Crippen MR) is 119 cm³/mol. The molecule has 1 amide bonds. The fraction of sp³-hybridized carbons (Fsp3) is 0.348. The summed E-state index contributed by atoms with van der Waals surface area (Å²) in [4.78, 5) is 15.2. The Balaban J connectivity index is 1.63. The van der Waals surface area contributed by atoms with Gasteiger partial charge in [0.15, 0.2) is 11.5 Å². The molecule has 0 aromatic heterocycles. The van der Waals surface area contributed by atoms with Crippen LogP contribution in [0.5, 0.6) is 11.5 Å². The molecule has 5 nitrogen and oxygen atoms in total. The van der Waals surface area contributed by atoms with Gasteiger partial charge in [-0.3, -0.25) is 4.79 Å². The molecule has 2 aromatic carbocycles. The third-order valence-corrected chi connectivity index (χ3v) is 5.96. The first kappa shape index (κ1) is 19.8. The van der Waals surface area contributed by atoms with Crippen molar-refractivity contribution in [1.82, 2.24) is 4.90 Å². The number of rotatable bonds is 6. The van der Waals surface area contributed by atoms with Crippen molar-refractivity contribution in [2.24, 2.45) is 0 Å². The van der Waals surface area contributed by atoms with Crippen molar-refractivity contribution in [1.29, 1.82) is 0 Å². The van der Waals surface area contributed by atoms with Crippen LogP contribution in [0.2, 0.25) is 0 Å². The number of carbonyl (C=O) groups is 1. The van der Waals surface area contributed by atoms with Crippen LogP contribution in [0.1, 0.15) is 34.3 Å². The molecule has 0 saturated carbocycles. The molecule has 0 unspecified atom stereocenters. The van der Waals surface area contributed by atoms with Gasteiger partial charge in [-0.05, 0) is 37.0 Å². The maximum Gasteiger partial charge on any atom is 0.260 e. The Labute approximate surface area is 179 Å². The summed E-state index contributed by atoms with van der Waals surface area (Å²) in [6.45, 7) is 3.36. The van der Waals surface area contributed by atoms with Gasteiger partial charge in [-0.15, -0.1) is 0 Å². The molecule has 0 bridgehead atoms. The monoisotopic (exact) mass is 456 g/mol. The third kappa shape index (κ3) is 3.99. The lowest BCUT2D eigenvalue weighted by Gasteiger charge is -2.20. The number of fused-ring (bicyclic) bond motifs is 2. The average Bonchev–Trinajstić information content (AvgIpc) is 3.11. The van der Waals surface area contributed by atoms with E-state index >= 15 is 0 Å². The van der Waals surface area contributed by atoms with Gasteiger partial charge in [0.25, 0.3) is 5.91 Å². The van der Waals surface area contributed by atoms with Crippen molar-refractivity contribution in [2.75, 3.05) is 30.9 Å². The summed E-state index contributed by atoms with van der Waals surface area (Å²) in [5.74, 6) is 1.22. The first-order valence-electron chi connectivity index (χ1n) is 9.85. The maximum absolute atomic E-state index is 13.3. The lowest BCUT2D eigenvalue weighted by molar-refractivity contribution is 0.0796. The van der Waals surface area contributed by atoms with E-state index in [1.807, 2.05) is 17.2 Å². The Morgan fingerprint density at radius 2 is 2.00 bits per heavy atom. The molecule has 1 N–H and O–H groups in total. The van der Waals surface area contributed by atoms with Crippen LogP contribution in [0.3, 0.4) is 0 Å². The molecule has 2 aliphatic rings. The number of ether oxygens (including phenoxy) is 2. The second-order valence-corrected chi connectivity index (χ2v) is 8.20. The van der Waals surface area contributed by atoms with Crippen LogP contribution in [-0.4, -0.2) is 42.4 Å². The number of benzene rings is 2. The van der Waals surface area contributed by atoms with Gasteiger partial charge in [0.05, 0.1) is 31.0 Å². The van der Waals surface area contributed by atoms with E-state index < -0.39 is 0 Å². The summed E-state index contributed by atoms with van der Waals surface area (Å²) in [7, 11) is 1.60. The Morgan fingerprint density at radius 3 is 2.72 bits per heavy atom. The number of nitrogens with zero attached hydrogens (tertiary/aromatic N) is 1. The normalized spacial score (nSPS) is 17.8. The summed E-state index contributed by atoms with van der Waals surface area (Å²) in [6.07, 6.45) is 3.73. The largest absolute Gasteiger partial charge is 0.493 e. The molecule has 6 heteroatoms. The van der Waals surface area contributed by atoms with Crippen molar-refractivity contribution >= 4 is 33.1 Å². The standard InChI is InChI=1S/C23H25BrN2O3/c1-15-4-6-16(7-5-15)17-10-18-13-25-20-12-22(29-9-3-8-24)21(28-2)11-19(20)23(27)26(18)14-17/h4-7,11-12,14,18,25H,3,8-10,13H2,1-2H3/t18-/m0/s1. The lowest BCUT2D eigenvalue weighted by atomic mass is 10.0. The number of nitrogens with one attached hydrogen (secondary N) is 1. The van der Waals surface area contributed by atoms with Crippen molar-refractivity contribution in [3.8, 4) is 11.5 Å². The molecule has 1 atom stereocenters. The molecule has 2 heterocycles. The van der Waals surface area contributed by atoms with Crippen molar-refractivity contribution < 1.29 is 14.3 Å². The summed E-state index contributed by atoms with van der Waals surface area (Å²) in [5.41, 5.74) is 5.00. The Hall–Kier alpha value is -2.47. The lowest BCUT2D eigenvalue weighted by Crippen LogP contribution is -2.34. The van der Waals surface area contributed by atoms with Gasteiger partial charge in [0.2, 0.25) is 0 Å². The zero-order valence-electron chi connectivity index (χ0n) is 16.7. The fourth-order valence-electron chi connectivity index (χ4n) is 3.79. The Bertz CT molecular complexity index is 940. The van der Waals surface area contributed by atoms with Crippen LogP contribution < -0.4 is 14.8 Å². The number of aryl methyl sites for hydroxylation is 1. The summed E-state index contributed by atoms with van der Waals surface area (Å²) >= 11 is 3.41. The van der Waals surface area contributed by atoms with E-state index in [2.05, 4.69) is 52.4 Å². The highest BCUT2D eigenvalue weighted by atomic mass is 79.9. The molecule has 0 fully saturated rings. The summed E-state index contributed by atoms with van der Waals surface area (Å²) < 4.78 is 11.4. The summed E-state index contributed by atoms with van der Waals surface area (Å²) in [6, 6.07) is 12.2. The SMILES string of the molecule is COc1cc2c(cc1OCCCBr)NC[C@@H]1CC(c3ccc(C)cc3)=CN1C2=O. The van der Waals surface area contributed by atoms with E-state index in [1.54, 1.807) is 13.2 Å². The topological polar surface area (TPSA) is 50.8 Å². The second-order valence-electron chi connectivity index (χ2n) is 7.41. The van der Waals surface area contributed by atoms with Gasteiger partial charge in [0, 0.05) is 24.1 Å². The molecule has 4 rings (SSSR count). The summed E-state index contributed by atoms with van der Waals surface area (Å²) in [5, 5.41) is 4.33. The molecule has 29 heavy (non-hydrogen) atoms. The molecular formula is C23H25BrN2O3. The number of anilines is 1. The Morgan fingerprint density at radius 1 is 1.21 bits per heavy atom. The maximum atomic E-state index is 13.3. The molecule has 0 spiro atoms. The second kappa shape index (κ2) is 8.49. The predicted octanol–water partition coefficient (Wildman–Crippen LogP) is 4.85. The first-order chi connectivity index (χ1) is 14.1. The van der Waals surface area contributed by atoms with Gasteiger partial charge >= 0.3 is 0 Å². The number of methoxy groups -OCH3 is 1. The molecule has 2 aliphatic heterocycles. The molecule has 0 saturated heterocycles.